The van der Waals surface area contributed by atoms with E-state index in [4.69, 9.17) is 4.74 Å². The van der Waals surface area contributed by atoms with E-state index in [1.807, 2.05) is 49.7 Å². The van der Waals surface area contributed by atoms with Crippen molar-refractivity contribution in [2.75, 3.05) is 13.2 Å². The molecule has 2 fully saturated rings. The molecule has 1 saturated carbocycles. The van der Waals surface area contributed by atoms with Crippen LogP contribution in [0.15, 0.2) is 30.5 Å². The van der Waals surface area contributed by atoms with Crippen LogP contribution in [0.2, 0.25) is 0 Å². The van der Waals surface area contributed by atoms with Gasteiger partial charge >= 0.3 is 5.97 Å². The van der Waals surface area contributed by atoms with E-state index in [1.54, 1.807) is 0 Å². The Labute approximate surface area is 186 Å². The number of aryl methyl sites for hydroxylation is 1. The Hall–Kier alpha value is -2.30. The van der Waals surface area contributed by atoms with Crippen LogP contribution >= 0.6 is 0 Å². The number of fused-ring (bicyclic) bond motifs is 2. The molecule has 5 nitrogen and oxygen atoms in total. The first-order valence-electron chi connectivity index (χ1n) is 12.2. The molecule has 0 bridgehead atoms. The number of aromatic nitrogens is 1. The molecular weight excluding hydrogens is 388 g/mol. The average molecular weight is 427 g/mol. The van der Waals surface area contributed by atoms with Crippen LogP contribution in [0.3, 0.4) is 0 Å². The molecular formula is C26H38N2O3. The highest BCUT2D eigenvalue weighted by Crippen LogP contribution is 2.35. The van der Waals surface area contributed by atoms with Crippen LogP contribution in [0.1, 0.15) is 71.3 Å². The summed E-state index contributed by atoms with van der Waals surface area (Å²) in [5.74, 6) is 0.782. The van der Waals surface area contributed by atoms with Crippen molar-refractivity contribution < 1.29 is 14.3 Å². The van der Waals surface area contributed by atoms with Crippen molar-refractivity contribution in [1.82, 2.24) is 9.47 Å². The Morgan fingerprint density at radius 1 is 1.06 bits per heavy atom. The number of ether oxygens (including phenoxy) is 1. The van der Waals surface area contributed by atoms with Gasteiger partial charge in [-0.3, -0.25) is 9.59 Å². The molecule has 1 saturated heterocycles. The number of hydrogen-bond acceptors (Lipinski definition) is 3. The molecule has 1 aliphatic heterocycles. The van der Waals surface area contributed by atoms with Gasteiger partial charge < -0.3 is 14.2 Å². The predicted molar refractivity (Wildman–Crippen MR) is 125 cm³/mol. The maximum atomic E-state index is 13.1. The van der Waals surface area contributed by atoms with Gasteiger partial charge in [-0.15, -0.1) is 0 Å². The SMILES string of the molecule is CC.CCOC(=O)Cn1cc(CCC(=O)N2CCCC3CCCCC32)c2ccccc21. The van der Waals surface area contributed by atoms with E-state index in [0.29, 0.717) is 37.3 Å². The molecule has 4 rings (SSSR count). The average Bonchev–Trinajstić information content (AvgIpc) is 3.16. The van der Waals surface area contributed by atoms with Gasteiger partial charge in [-0.05, 0) is 56.6 Å². The monoisotopic (exact) mass is 426 g/mol. The molecule has 0 spiro atoms. The molecule has 170 valence electrons. The van der Waals surface area contributed by atoms with Crippen LogP contribution in [-0.2, 0) is 27.3 Å². The molecule has 31 heavy (non-hydrogen) atoms. The van der Waals surface area contributed by atoms with Crippen LogP contribution in [-0.4, -0.2) is 40.5 Å². The van der Waals surface area contributed by atoms with Crippen LogP contribution in [0.4, 0.5) is 0 Å². The van der Waals surface area contributed by atoms with Crippen molar-refractivity contribution in [3.8, 4) is 0 Å². The molecule has 0 N–H and O–H groups in total. The summed E-state index contributed by atoms with van der Waals surface area (Å²) in [6.45, 7) is 7.33. The zero-order valence-electron chi connectivity index (χ0n) is 19.4. The topological polar surface area (TPSA) is 51.5 Å². The summed E-state index contributed by atoms with van der Waals surface area (Å²) in [5, 5.41) is 1.12. The van der Waals surface area contributed by atoms with Gasteiger partial charge in [0, 0.05) is 36.1 Å². The standard InChI is InChI=1S/C24H32N2O3.C2H6/c1-2-29-24(28)17-25-16-19(20-10-4-6-12-22(20)25)13-14-23(27)26-15-7-9-18-8-3-5-11-21(18)26;1-2/h4,6,10,12,16,18,21H,2-3,5,7-9,11,13-15,17H2,1H3;1-2H3. The number of nitrogens with zero attached hydrogens (tertiary/aromatic N) is 2. The van der Waals surface area contributed by atoms with E-state index in [0.717, 1.165) is 29.4 Å². The number of esters is 1. The number of carbonyl (C=O) groups excluding carboxylic acids is 2. The van der Waals surface area contributed by atoms with Gasteiger partial charge in [0.25, 0.3) is 0 Å². The molecule has 2 aliphatic rings. The minimum Gasteiger partial charge on any atom is -0.465 e. The summed E-state index contributed by atoms with van der Waals surface area (Å²) < 4.78 is 7.06. The fourth-order valence-electron chi connectivity index (χ4n) is 5.32. The maximum Gasteiger partial charge on any atom is 0.325 e. The minimum atomic E-state index is -0.229. The largest absolute Gasteiger partial charge is 0.465 e. The lowest BCUT2D eigenvalue weighted by Crippen LogP contribution is -2.49. The smallest absolute Gasteiger partial charge is 0.325 e. The number of benzene rings is 1. The Kier molecular flexibility index (Phi) is 8.56. The second kappa shape index (κ2) is 11.4. The number of carbonyl (C=O) groups is 2. The number of para-hydroxylation sites is 1. The molecule has 2 aromatic rings. The first-order chi connectivity index (χ1) is 15.2. The maximum absolute atomic E-state index is 13.1. The fourth-order valence-corrected chi connectivity index (χ4v) is 5.32. The van der Waals surface area contributed by atoms with Crippen molar-refractivity contribution >= 4 is 22.8 Å². The summed E-state index contributed by atoms with van der Waals surface area (Å²) in [5.41, 5.74) is 2.16. The fraction of sp³-hybridized carbons (Fsp3) is 0.615. The van der Waals surface area contributed by atoms with Crippen molar-refractivity contribution in [2.24, 2.45) is 5.92 Å². The van der Waals surface area contributed by atoms with Crippen molar-refractivity contribution in [2.45, 2.75) is 84.7 Å². The van der Waals surface area contributed by atoms with Gasteiger partial charge in [0.15, 0.2) is 0 Å². The number of piperidine rings is 1. The highest BCUT2D eigenvalue weighted by molar-refractivity contribution is 5.86. The van der Waals surface area contributed by atoms with Gasteiger partial charge in [0.1, 0.15) is 6.54 Å². The third-order valence-electron chi connectivity index (χ3n) is 6.65. The third kappa shape index (κ3) is 5.50. The van der Waals surface area contributed by atoms with Gasteiger partial charge in [-0.25, -0.2) is 0 Å². The molecule has 1 amide bonds. The van der Waals surface area contributed by atoms with Crippen molar-refractivity contribution in [3.05, 3.63) is 36.0 Å². The second-order valence-corrected chi connectivity index (χ2v) is 8.45. The highest BCUT2D eigenvalue weighted by Gasteiger charge is 2.35. The molecule has 5 heteroatoms. The van der Waals surface area contributed by atoms with E-state index in [9.17, 15) is 9.59 Å². The van der Waals surface area contributed by atoms with Crippen molar-refractivity contribution in [3.63, 3.8) is 0 Å². The lowest BCUT2D eigenvalue weighted by Gasteiger charge is -2.44. The molecule has 0 radical (unpaired) electrons. The van der Waals surface area contributed by atoms with Gasteiger partial charge in [-0.1, -0.05) is 44.9 Å². The summed E-state index contributed by atoms with van der Waals surface area (Å²) in [7, 11) is 0. The minimum absolute atomic E-state index is 0.207. The van der Waals surface area contributed by atoms with E-state index in [2.05, 4.69) is 11.0 Å². The number of amides is 1. The lowest BCUT2D eigenvalue weighted by molar-refractivity contribution is -0.143. The number of hydrogen-bond donors (Lipinski definition) is 0. The normalized spacial score (nSPS) is 20.5. The van der Waals surface area contributed by atoms with Crippen molar-refractivity contribution in [1.29, 1.82) is 0 Å². The van der Waals surface area contributed by atoms with Crippen LogP contribution in [0.5, 0.6) is 0 Å². The highest BCUT2D eigenvalue weighted by atomic mass is 16.5. The molecule has 2 atom stereocenters. The van der Waals surface area contributed by atoms with Crippen LogP contribution < -0.4 is 0 Å². The number of likely N-dealkylation sites (tertiary alicyclic amines) is 1. The zero-order valence-corrected chi connectivity index (χ0v) is 19.4. The van der Waals surface area contributed by atoms with E-state index in [1.165, 1.54) is 32.1 Å². The first kappa shape index (κ1) is 23.4. The first-order valence-corrected chi connectivity index (χ1v) is 12.2. The predicted octanol–water partition coefficient (Wildman–Crippen LogP) is 5.34. The van der Waals surface area contributed by atoms with Gasteiger partial charge in [0.05, 0.1) is 6.61 Å². The molecule has 2 heterocycles. The molecule has 1 aromatic carbocycles. The molecule has 1 aromatic heterocycles. The Balaban J connectivity index is 0.00000132. The van der Waals surface area contributed by atoms with Gasteiger partial charge in [-0.2, -0.15) is 0 Å². The second-order valence-electron chi connectivity index (χ2n) is 8.45. The third-order valence-corrected chi connectivity index (χ3v) is 6.65. The number of rotatable bonds is 6. The van der Waals surface area contributed by atoms with Gasteiger partial charge in [0.2, 0.25) is 5.91 Å². The Morgan fingerprint density at radius 2 is 1.81 bits per heavy atom. The summed E-state index contributed by atoms with van der Waals surface area (Å²) in [6.07, 6.45) is 10.7. The summed E-state index contributed by atoms with van der Waals surface area (Å²) >= 11 is 0. The van der Waals surface area contributed by atoms with E-state index >= 15 is 0 Å². The Bertz CT molecular complexity index is 871. The quantitative estimate of drug-likeness (QED) is 0.586. The van der Waals surface area contributed by atoms with E-state index in [-0.39, 0.29) is 12.5 Å². The summed E-state index contributed by atoms with van der Waals surface area (Å²) in [4.78, 5) is 27.2. The van der Waals surface area contributed by atoms with E-state index < -0.39 is 0 Å². The Morgan fingerprint density at radius 3 is 2.61 bits per heavy atom. The summed E-state index contributed by atoms with van der Waals surface area (Å²) in [6, 6.07) is 8.57. The zero-order chi connectivity index (χ0) is 22.2. The van der Waals surface area contributed by atoms with Crippen LogP contribution in [0.25, 0.3) is 10.9 Å². The molecule has 2 unspecified atom stereocenters. The lowest BCUT2D eigenvalue weighted by atomic mass is 9.78. The molecule has 1 aliphatic carbocycles. The van der Waals surface area contributed by atoms with Crippen LogP contribution in [0, 0.1) is 5.92 Å².